The summed E-state index contributed by atoms with van der Waals surface area (Å²) in [6.45, 7) is -0.434. The number of hydrogen-bond acceptors (Lipinski definition) is 7. The zero-order valence-electron chi connectivity index (χ0n) is 11.5. The molecule has 122 valence electrons. The zero-order chi connectivity index (χ0) is 15.3. The van der Waals surface area contributed by atoms with E-state index in [1.807, 2.05) is 0 Å². The summed E-state index contributed by atoms with van der Waals surface area (Å²) in [5, 5.41) is 29.0. The molecule has 0 saturated carbocycles. The Kier molecular flexibility index (Phi) is 4.72. The van der Waals surface area contributed by atoms with E-state index in [1.54, 1.807) is 7.05 Å². The van der Waals surface area contributed by atoms with Crippen molar-refractivity contribution in [1.82, 2.24) is 14.5 Å². The molecule has 1 aliphatic heterocycles. The van der Waals surface area contributed by atoms with Gasteiger partial charge in [0, 0.05) is 0 Å². The number of aromatic nitrogens is 4. The number of rotatable bonds is 2. The van der Waals surface area contributed by atoms with Crippen LogP contribution in [0.5, 0.6) is 0 Å². The lowest BCUT2D eigenvalue weighted by atomic mass is 10.1. The fraction of sp³-hybridized carbons (Fsp3) is 0.545. The molecule has 1 aliphatic rings. The van der Waals surface area contributed by atoms with Crippen LogP contribution in [-0.2, 0) is 11.8 Å². The van der Waals surface area contributed by atoms with Gasteiger partial charge in [0.2, 0.25) is 11.7 Å². The lowest BCUT2D eigenvalue weighted by Gasteiger charge is -2.11. The first-order valence-corrected chi connectivity index (χ1v) is 6.32. The molecule has 0 aromatic carbocycles. The van der Waals surface area contributed by atoms with Gasteiger partial charge in [-0.15, -0.1) is 0 Å². The second-order valence-electron chi connectivity index (χ2n) is 4.99. The number of nitrogen functional groups attached to an aromatic ring is 1. The van der Waals surface area contributed by atoms with Crippen molar-refractivity contribution in [2.45, 2.75) is 24.5 Å². The van der Waals surface area contributed by atoms with E-state index in [9.17, 15) is 15.0 Å². The summed E-state index contributed by atoms with van der Waals surface area (Å²) < 4.78 is 8.35. The minimum Gasteiger partial charge on any atom is -1.00 e. The molecule has 0 aliphatic carbocycles. The van der Waals surface area contributed by atoms with Crippen molar-refractivity contribution in [2.75, 3.05) is 12.3 Å². The predicted molar refractivity (Wildman–Crippen MR) is 69.0 cm³/mol. The molecule has 6 N–H and O–H groups in total. The van der Waals surface area contributed by atoms with Crippen molar-refractivity contribution in [3.63, 3.8) is 0 Å². The number of aromatic amines is 1. The second kappa shape index (κ2) is 6.08. The first kappa shape index (κ1) is 17.1. The Labute approximate surface area is 141 Å². The van der Waals surface area contributed by atoms with Crippen molar-refractivity contribution in [2.24, 2.45) is 7.05 Å². The molecule has 0 amide bonds. The summed E-state index contributed by atoms with van der Waals surface area (Å²) in [4.78, 5) is 18.3. The van der Waals surface area contributed by atoms with Crippen LogP contribution in [0, 0.1) is 0 Å². The van der Waals surface area contributed by atoms with Crippen molar-refractivity contribution in [1.29, 1.82) is 0 Å². The molecule has 10 nitrogen and oxygen atoms in total. The number of nitrogens with two attached hydrogens (primary N) is 1. The molecule has 1 saturated heterocycles. The third-order valence-corrected chi connectivity index (χ3v) is 3.58. The van der Waals surface area contributed by atoms with Gasteiger partial charge in [0.25, 0.3) is 11.5 Å². The van der Waals surface area contributed by atoms with Crippen molar-refractivity contribution < 1.29 is 48.6 Å². The van der Waals surface area contributed by atoms with Crippen LogP contribution in [0.1, 0.15) is 6.23 Å². The number of nitrogens with zero attached hydrogens (tertiary/aromatic N) is 3. The summed E-state index contributed by atoms with van der Waals surface area (Å²) in [7, 11) is 1.63. The van der Waals surface area contributed by atoms with Crippen molar-refractivity contribution in [3.05, 3.63) is 16.7 Å². The van der Waals surface area contributed by atoms with Gasteiger partial charge in [-0.3, -0.25) is 14.3 Å². The third kappa shape index (κ3) is 2.48. The topological polar surface area (TPSA) is 150 Å². The van der Waals surface area contributed by atoms with Gasteiger partial charge in [-0.2, -0.15) is 0 Å². The van der Waals surface area contributed by atoms with E-state index in [-0.39, 0.29) is 41.1 Å². The fourth-order valence-electron chi connectivity index (χ4n) is 2.57. The Balaban J connectivity index is 0.00000176. The van der Waals surface area contributed by atoms with Gasteiger partial charge in [-0.05, 0) is 0 Å². The smallest absolute Gasteiger partial charge is 0.313 e. The summed E-state index contributed by atoms with van der Waals surface area (Å²) in [5.41, 5.74) is 5.58. The van der Waals surface area contributed by atoms with E-state index in [1.165, 1.54) is 15.5 Å². The number of fused-ring (bicyclic) bond motifs is 1. The maximum Gasteiger partial charge on any atom is 0.313 e. The fourth-order valence-corrected chi connectivity index (χ4v) is 2.57. The highest BCUT2D eigenvalue weighted by molar-refractivity contribution is 5.67. The number of halogens is 1. The van der Waals surface area contributed by atoms with E-state index in [4.69, 9.17) is 15.6 Å². The number of H-pyrrole nitrogens is 1. The van der Waals surface area contributed by atoms with Gasteiger partial charge < -0.3 is 49.8 Å². The summed E-state index contributed by atoms with van der Waals surface area (Å²) >= 11 is 0. The van der Waals surface area contributed by atoms with E-state index in [2.05, 4.69) is 9.97 Å². The van der Waals surface area contributed by atoms with E-state index < -0.39 is 36.7 Å². The molecule has 4 atom stereocenters. The van der Waals surface area contributed by atoms with Gasteiger partial charge in [-0.25, -0.2) is 4.57 Å². The first-order chi connectivity index (χ1) is 9.93. The Bertz CT molecular complexity index is 746. The summed E-state index contributed by atoms with van der Waals surface area (Å²) in [5.74, 6) is -0.0702. The van der Waals surface area contributed by atoms with Crippen LogP contribution in [0.15, 0.2) is 11.1 Å². The zero-order valence-corrected chi connectivity index (χ0v) is 13.7. The number of aryl methyl sites for hydroxylation is 1. The molecule has 2 aromatic heterocycles. The summed E-state index contributed by atoms with van der Waals surface area (Å²) in [6.07, 6.45) is -2.88. The van der Waals surface area contributed by atoms with E-state index >= 15 is 0 Å². The monoisotopic (exact) mass is 425 g/mol. The second-order valence-corrected chi connectivity index (χ2v) is 4.99. The van der Waals surface area contributed by atoms with Crippen LogP contribution < -0.4 is 39.8 Å². The Morgan fingerprint density at radius 2 is 2.18 bits per heavy atom. The molecule has 3 rings (SSSR count). The van der Waals surface area contributed by atoms with Crippen LogP contribution in [0.3, 0.4) is 0 Å². The van der Waals surface area contributed by atoms with Crippen LogP contribution in [0.4, 0.5) is 5.95 Å². The average molecular weight is 425 g/mol. The van der Waals surface area contributed by atoms with Crippen molar-refractivity contribution in [3.8, 4) is 0 Å². The van der Waals surface area contributed by atoms with Gasteiger partial charge in [0.1, 0.15) is 18.3 Å². The predicted octanol–water partition coefficient (Wildman–Crippen LogP) is -6.25. The normalized spacial score (nSPS) is 28.0. The minimum absolute atomic E-state index is 0. The van der Waals surface area contributed by atoms with Gasteiger partial charge in [0.15, 0.2) is 6.33 Å². The molecular weight excluding hydrogens is 409 g/mol. The average Bonchev–Trinajstić information content (AvgIpc) is 2.89. The lowest BCUT2D eigenvalue weighted by molar-refractivity contribution is -0.745. The standard InChI is InChI=1S/C11H15N5O5.HI/c1-15-3-16(8-5(15)9(20)14-11(12)13-8)10-7(19)6(18)4(2-17)21-10;/h3-4,6-7,10,17-19H,2H2,1H3,(H2-,12,13,14,20);1H/t4-,6-,7-,10-;/m1./s1. The summed E-state index contributed by atoms with van der Waals surface area (Å²) in [6, 6.07) is 0. The molecular formula is C11H16IN5O5. The number of hydrogen-bond donors (Lipinski definition) is 5. The minimum atomic E-state index is -1.26. The number of imidazole rings is 1. The third-order valence-electron chi connectivity index (χ3n) is 3.58. The number of ether oxygens (including phenoxy) is 1. The van der Waals surface area contributed by atoms with Crippen LogP contribution in [-0.4, -0.2) is 54.8 Å². The number of anilines is 1. The molecule has 0 radical (unpaired) electrons. The maximum absolute atomic E-state index is 11.9. The SMILES string of the molecule is Cn1c[n+]([C@@H]2O[C@H](CO)[C@@H](O)[C@H]2O)c2nc(N)[nH]c(=O)c21.[I-]. The maximum atomic E-state index is 11.9. The highest BCUT2D eigenvalue weighted by atomic mass is 127. The first-order valence-electron chi connectivity index (χ1n) is 6.32. The Hall–Kier alpha value is -1.28. The lowest BCUT2D eigenvalue weighted by Crippen LogP contribution is -3.00. The highest BCUT2D eigenvalue weighted by Crippen LogP contribution is 2.26. The molecule has 2 aromatic rings. The number of aliphatic hydroxyl groups is 3. The molecule has 1 fully saturated rings. The van der Waals surface area contributed by atoms with Gasteiger partial charge in [-0.1, -0.05) is 4.98 Å². The van der Waals surface area contributed by atoms with Gasteiger partial charge >= 0.3 is 5.65 Å². The van der Waals surface area contributed by atoms with Gasteiger partial charge in [0.05, 0.1) is 13.7 Å². The van der Waals surface area contributed by atoms with E-state index in [0.717, 1.165) is 0 Å². The molecule has 0 spiro atoms. The van der Waals surface area contributed by atoms with E-state index in [0.29, 0.717) is 0 Å². The van der Waals surface area contributed by atoms with Crippen molar-refractivity contribution >= 4 is 17.1 Å². The molecule has 0 bridgehead atoms. The number of nitrogens with one attached hydrogen (secondary N) is 1. The largest absolute Gasteiger partial charge is 1.00 e. The van der Waals surface area contributed by atoms with Crippen LogP contribution >= 0.6 is 0 Å². The highest BCUT2D eigenvalue weighted by Gasteiger charge is 2.46. The molecule has 11 heteroatoms. The van der Waals surface area contributed by atoms with Crippen LogP contribution in [0.2, 0.25) is 0 Å². The Morgan fingerprint density at radius 3 is 2.77 bits per heavy atom. The number of aliphatic hydroxyl groups excluding tert-OH is 3. The Morgan fingerprint density at radius 1 is 1.50 bits per heavy atom. The molecule has 22 heavy (non-hydrogen) atoms. The molecule has 3 heterocycles. The molecule has 0 unspecified atom stereocenters. The van der Waals surface area contributed by atoms with Crippen LogP contribution in [0.25, 0.3) is 11.2 Å². The quantitative estimate of drug-likeness (QED) is 0.237.